The SMILES string of the molecule is CC(C)(C)NC(=O)OC1CCN(c2cc(C#N)ccn2)CC1. The van der Waals surface area contributed by atoms with Crippen LogP contribution in [0.3, 0.4) is 0 Å². The zero-order valence-corrected chi connectivity index (χ0v) is 13.3. The van der Waals surface area contributed by atoms with Crippen LogP contribution in [0.25, 0.3) is 0 Å². The summed E-state index contributed by atoms with van der Waals surface area (Å²) in [5.74, 6) is 0.802. The van der Waals surface area contributed by atoms with Crippen LogP contribution in [0.1, 0.15) is 39.2 Å². The number of rotatable bonds is 2. The number of amides is 1. The van der Waals surface area contributed by atoms with E-state index in [1.807, 2.05) is 20.8 Å². The summed E-state index contributed by atoms with van der Waals surface area (Å²) in [4.78, 5) is 18.2. The highest BCUT2D eigenvalue weighted by molar-refractivity contribution is 5.68. The number of alkyl carbamates (subject to hydrolysis) is 1. The number of hydrogen-bond acceptors (Lipinski definition) is 5. The van der Waals surface area contributed by atoms with Gasteiger partial charge in [-0.1, -0.05) is 0 Å². The summed E-state index contributed by atoms with van der Waals surface area (Å²) < 4.78 is 5.45. The summed E-state index contributed by atoms with van der Waals surface area (Å²) in [6, 6.07) is 5.59. The molecule has 1 fully saturated rings. The van der Waals surface area contributed by atoms with Gasteiger partial charge in [-0.15, -0.1) is 0 Å². The Morgan fingerprint density at radius 3 is 2.73 bits per heavy atom. The van der Waals surface area contributed by atoms with Gasteiger partial charge in [-0.05, 0) is 32.9 Å². The van der Waals surface area contributed by atoms with Crippen molar-refractivity contribution in [2.45, 2.75) is 45.3 Å². The number of hydrogen-bond donors (Lipinski definition) is 1. The Morgan fingerprint density at radius 1 is 1.45 bits per heavy atom. The number of nitrogens with zero attached hydrogens (tertiary/aromatic N) is 3. The standard InChI is InChI=1S/C16H22N4O2/c1-16(2,3)19-15(21)22-13-5-8-20(9-6-13)14-10-12(11-17)4-7-18-14/h4,7,10,13H,5-6,8-9H2,1-3H3,(H,19,21). The largest absolute Gasteiger partial charge is 0.446 e. The first-order valence-corrected chi connectivity index (χ1v) is 7.47. The van der Waals surface area contributed by atoms with Gasteiger partial charge in [-0.3, -0.25) is 0 Å². The lowest BCUT2D eigenvalue weighted by Gasteiger charge is -2.33. The fourth-order valence-corrected chi connectivity index (χ4v) is 2.35. The predicted octanol–water partition coefficient (Wildman–Crippen LogP) is 2.45. The Hall–Kier alpha value is -2.29. The maximum absolute atomic E-state index is 11.8. The number of carbonyl (C=O) groups is 1. The van der Waals surface area contributed by atoms with Crippen LogP contribution in [0.5, 0.6) is 0 Å². The molecule has 1 aliphatic heterocycles. The molecule has 0 atom stereocenters. The quantitative estimate of drug-likeness (QED) is 0.908. The van der Waals surface area contributed by atoms with Crippen molar-refractivity contribution in [2.75, 3.05) is 18.0 Å². The Labute approximate surface area is 131 Å². The average molecular weight is 302 g/mol. The van der Waals surface area contributed by atoms with Gasteiger partial charge in [-0.25, -0.2) is 9.78 Å². The van der Waals surface area contributed by atoms with E-state index in [0.717, 1.165) is 31.7 Å². The zero-order valence-electron chi connectivity index (χ0n) is 13.3. The van der Waals surface area contributed by atoms with Crippen LogP contribution in [0.15, 0.2) is 18.3 Å². The lowest BCUT2D eigenvalue weighted by Crippen LogP contribution is -2.44. The third kappa shape index (κ3) is 4.62. The molecule has 6 nitrogen and oxygen atoms in total. The second-order valence-corrected chi connectivity index (χ2v) is 6.48. The number of anilines is 1. The van der Waals surface area contributed by atoms with Crippen molar-refractivity contribution < 1.29 is 9.53 Å². The smallest absolute Gasteiger partial charge is 0.407 e. The predicted molar refractivity (Wildman–Crippen MR) is 83.6 cm³/mol. The minimum Gasteiger partial charge on any atom is -0.446 e. The summed E-state index contributed by atoms with van der Waals surface area (Å²) in [7, 11) is 0. The summed E-state index contributed by atoms with van der Waals surface area (Å²) in [6.45, 7) is 7.28. The minimum atomic E-state index is -0.365. The number of nitriles is 1. The Balaban J connectivity index is 1.85. The number of piperidine rings is 1. The van der Waals surface area contributed by atoms with Crippen LogP contribution in [-0.4, -0.2) is 35.8 Å². The summed E-state index contributed by atoms with van der Waals surface area (Å²) in [5.41, 5.74) is 0.312. The van der Waals surface area contributed by atoms with Crippen molar-refractivity contribution in [3.05, 3.63) is 23.9 Å². The van der Waals surface area contributed by atoms with E-state index in [9.17, 15) is 4.79 Å². The first-order valence-electron chi connectivity index (χ1n) is 7.47. The molecule has 118 valence electrons. The second-order valence-electron chi connectivity index (χ2n) is 6.48. The molecule has 1 amide bonds. The van der Waals surface area contributed by atoms with E-state index in [1.54, 1.807) is 18.3 Å². The van der Waals surface area contributed by atoms with Gasteiger partial charge in [0, 0.05) is 37.7 Å². The van der Waals surface area contributed by atoms with Gasteiger partial charge in [-0.2, -0.15) is 5.26 Å². The molecule has 0 aliphatic carbocycles. The Bertz CT molecular complexity index is 566. The van der Waals surface area contributed by atoms with Crippen molar-refractivity contribution in [2.24, 2.45) is 0 Å². The van der Waals surface area contributed by atoms with Crippen molar-refractivity contribution in [1.82, 2.24) is 10.3 Å². The average Bonchev–Trinajstić information content (AvgIpc) is 2.46. The molecular weight excluding hydrogens is 280 g/mol. The van der Waals surface area contributed by atoms with Crippen molar-refractivity contribution in [1.29, 1.82) is 5.26 Å². The van der Waals surface area contributed by atoms with E-state index in [0.29, 0.717) is 5.56 Å². The maximum Gasteiger partial charge on any atom is 0.407 e. The number of aromatic nitrogens is 1. The first-order chi connectivity index (χ1) is 10.4. The van der Waals surface area contributed by atoms with Gasteiger partial charge in [0.2, 0.25) is 0 Å². The highest BCUT2D eigenvalue weighted by atomic mass is 16.6. The minimum absolute atomic E-state index is 0.0715. The van der Waals surface area contributed by atoms with E-state index in [2.05, 4.69) is 21.3 Å². The van der Waals surface area contributed by atoms with Gasteiger partial charge < -0.3 is 15.0 Å². The number of carbonyl (C=O) groups excluding carboxylic acids is 1. The molecule has 1 aromatic heterocycles. The Kier molecular flexibility index (Phi) is 4.86. The lowest BCUT2D eigenvalue weighted by atomic mass is 10.1. The molecule has 1 aromatic rings. The van der Waals surface area contributed by atoms with Crippen LogP contribution in [-0.2, 0) is 4.74 Å². The summed E-state index contributed by atoms with van der Waals surface area (Å²) in [5, 5.41) is 11.7. The second kappa shape index (κ2) is 6.65. The fraction of sp³-hybridized carbons (Fsp3) is 0.562. The number of ether oxygens (including phenoxy) is 1. The van der Waals surface area contributed by atoms with E-state index < -0.39 is 0 Å². The van der Waals surface area contributed by atoms with E-state index in [-0.39, 0.29) is 17.7 Å². The Morgan fingerprint density at radius 2 is 2.14 bits per heavy atom. The molecule has 22 heavy (non-hydrogen) atoms. The number of pyridine rings is 1. The molecule has 1 aliphatic rings. The van der Waals surface area contributed by atoms with Crippen molar-refractivity contribution in [3.63, 3.8) is 0 Å². The summed E-state index contributed by atoms with van der Waals surface area (Å²) >= 11 is 0. The molecule has 0 spiro atoms. The lowest BCUT2D eigenvalue weighted by molar-refractivity contribution is 0.0776. The van der Waals surface area contributed by atoms with E-state index in [4.69, 9.17) is 10.00 Å². The van der Waals surface area contributed by atoms with Crippen LogP contribution in [0.2, 0.25) is 0 Å². The van der Waals surface area contributed by atoms with E-state index >= 15 is 0 Å². The van der Waals surface area contributed by atoms with Crippen LogP contribution in [0, 0.1) is 11.3 Å². The zero-order chi connectivity index (χ0) is 16.2. The molecule has 1 saturated heterocycles. The van der Waals surface area contributed by atoms with Crippen LogP contribution < -0.4 is 10.2 Å². The molecule has 0 radical (unpaired) electrons. The molecule has 6 heteroatoms. The molecule has 0 saturated carbocycles. The third-order valence-electron chi connectivity index (χ3n) is 3.39. The van der Waals surface area contributed by atoms with Crippen molar-refractivity contribution >= 4 is 11.9 Å². The monoisotopic (exact) mass is 302 g/mol. The van der Waals surface area contributed by atoms with Crippen molar-refractivity contribution in [3.8, 4) is 6.07 Å². The molecule has 1 N–H and O–H groups in total. The first kappa shape index (κ1) is 16.1. The van der Waals surface area contributed by atoms with Crippen LogP contribution >= 0.6 is 0 Å². The highest BCUT2D eigenvalue weighted by Gasteiger charge is 2.24. The van der Waals surface area contributed by atoms with Gasteiger partial charge in [0.15, 0.2) is 0 Å². The van der Waals surface area contributed by atoms with Gasteiger partial charge in [0.25, 0.3) is 0 Å². The molecule has 2 rings (SSSR count). The van der Waals surface area contributed by atoms with Gasteiger partial charge in [0.1, 0.15) is 11.9 Å². The van der Waals surface area contributed by atoms with E-state index in [1.165, 1.54) is 0 Å². The molecule has 0 bridgehead atoms. The number of nitrogens with one attached hydrogen (secondary N) is 1. The van der Waals surface area contributed by atoms with Gasteiger partial charge >= 0.3 is 6.09 Å². The molecular formula is C16H22N4O2. The molecule has 2 heterocycles. The molecule has 0 aromatic carbocycles. The highest BCUT2D eigenvalue weighted by Crippen LogP contribution is 2.20. The third-order valence-corrected chi connectivity index (χ3v) is 3.39. The topological polar surface area (TPSA) is 78.2 Å². The molecule has 0 unspecified atom stereocenters. The summed E-state index contributed by atoms with van der Waals surface area (Å²) in [6.07, 6.45) is 2.73. The maximum atomic E-state index is 11.8. The normalized spacial score (nSPS) is 16.0. The van der Waals surface area contributed by atoms with Gasteiger partial charge in [0.05, 0.1) is 11.6 Å². The van der Waals surface area contributed by atoms with Crippen LogP contribution in [0.4, 0.5) is 10.6 Å². The fourth-order valence-electron chi connectivity index (χ4n) is 2.35.